The first kappa shape index (κ1) is 16.1. The summed E-state index contributed by atoms with van der Waals surface area (Å²) in [6.07, 6.45) is 5.40. The van der Waals surface area contributed by atoms with Crippen LogP contribution in [0.1, 0.15) is 36.8 Å². The fraction of sp³-hybridized carbons (Fsp3) is 0.650. The van der Waals surface area contributed by atoms with Crippen molar-refractivity contribution < 1.29 is 9.90 Å². The van der Waals surface area contributed by atoms with Crippen LogP contribution in [0.4, 0.5) is 0 Å². The quantitative estimate of drug-likeness (QED) is 0.869. The van der Waals surface area contributed by atoms with Gasteiger partial charge in [-0.25, -0.2) is 0 Å². The molecule has 2 aliphatic carbocycles. The summed E-state index contributed by atoms with van der Waals surface area (Å²) in [6, 6.07) is 8.53. The van der Waals surface area contributed by atoms with Crippen LogP contribution in [0.3, 0.4) is 0 Å². The van der Waals surface area contributed by atoms with Crippen LogP contribution in [0.25, 0.3) is 0 Å². The van der Waals surface area contributed by atoms with Gasteiger partial charge in [0.15, 0.2) is 0 Å². The van der Waals surface area contributed by atoms with Gasteiger partial charge in [-0.05, 0) is 48.6 Å². The van der Waals surface area contributed by atoms with Gasteiger partial charge in [-0.3, -0.25) is 9.69 Å². The lowest BCUT2D eigenvalue weighted by atomic mass is 9.88. The molecule has 0 radical (unpaired) electrons. The van der Waals surface area contributed by atoms with Gasteiger partial charge in [-0.15, -0.1) is 0 Å². The Morgan fingerprint density at radius 3 is 2.83 bits per heavy atom. The van der Waals surface area contributed by atoms with E-state index >= 15 is 0 Å². The highest BCUT2D eigenvalue weighted by molar-refractivity contribution is 5.79. The van der Waals surface area contributed by atoms with E-state index in [0.29, 0.717) is 19.0 Å². The molecule has 4 unspecified atom stereocenters. The van der Waals surface area contributed by atoms with Gasteiger partial charge in [0.25, 0.3) is 0 Å². The zero-order chi connectivity index (χ0) is 16.5. The number of fused-ring (bicyclic) bond motifs is 3. The number of hydrogen-bond donors (Lipinski definition) is 2. The maximum absolute atomic E-state index is 12.4. The van der Waals surface area contributed by atoms with Gasteiger partial charge in [0.1, 0.15) is 0 Å². The molecule has 4 atom stereocenters. The Morgan fingerprint density at radius 1 is 1.25 bits per heavy atom. The van der Waals surface area contributed by atoms with Crippen molar-refractivity contribution in [2.45, 2.75) is 44.8 Å². The molecule has 4 heteroatoms. The molecule has 0 spiro atoms. The topological polar surface area (TPSA) is 52.6 Å². The molecule has 2 fully saturated rings. The maximum Gasteiger partial charge on any atom is 0.223 e. The molecule has 1 aromatic carbocycles. The lowest BCUT2D eigenvalue weighted by Crippen LogP contribution is -2.43. The minimum atomic E-state index is -0.488. The molecular formula is C20H28N2O2. The molecule has 2 saturated carbocycles. The Hall–Kier alpha value is -1.39. The Morgan fingerprint density at radius 2 is 2.08 bits per heavy atom. The van der Waals surface area contributed by atoms with Crippen molar-refractivity contribution in [2.24, 2.45) is 17.8 Å². The second kappa shape index (κ2) is 6.85. The highest BCUT2D eigenvalue weighted by Gasteiger charge is 2.42. The van der Waals surface area contributed by atoms with E-state index in [4.69, 9.17) is 0 Å². The monoisotopic (exact) mass is 328 g/mol. The summed E-state index contributed by atoms with van der Waals surface area (Å²) in [5, 5.41) is 13.3. The number of carbonyl (C=O) groups is 1. The number of aliphatic hydroxyl groups is 1. The SMILES string of the molecule is O=C(NCC(O)CN1CCc2ccccc2C1)C1CC2CCC1C2. The molecule has 24 heavy (non-hydrogen) atoms. The van der Waals surface area contributed by atoms with Gasteiger partial charge >= 0.3 is 0 Å². The fourth-order valence-corrected chi connectivity index (χ4v) is 4.99. The summed E-state index contributed by atoms with van der Waals surface area (Å²) in [5.41, 5.74) is 2.79. The Balaban J connectivity index is 1.23. The molecule has 1 aromatic rings. The van der Waals surface area contributed by atoms with Crippen LogP contribution in [0.5, 0.6) is 0 Å². The van der Waals surface area contributed by atoms with Gasteiger partial charge in [0, 0.05) is 32.1 Å². The van der Waals surface area contributed by atoms with Gasteiger partial charge in [0.05, 0.1) is 6.10 Å². The van der Waals surface area contributed by atoms with E-state index in [0.717, 1.165) is 31.8 Å². The minimum Gasteiger partial charge on any atom is -0.390 e. The summed E-state index contributed by atoms with van der Waals surface area (Å²) >= 11 is 0. The summed E-state index contributed by atoms with van der Waals surface area (Å²) < 4.78 is 0. The second-order valence-corrected chi connectivity index (χ2v) is 7.93. The van der Waals surface area contributed by atoms with Crippen molar-refractivity contribution in [3.05, 3.63) is 35.4 Å². The molecule has 2 N–H and O–H groups in total. The van der Waals surface area contributed by atoms with Crippen molar-refractivity contribution in [3.63, 3.8) is 0 Å². The fourth-order valence-electron chi connectivity index (χ4n) is 4.99. The highest BCUT2D eigenvalue weighted by Crippen LogP contribution is 2.48. The lowest BCUT2D eigenvalue weighted by molar-refractivity contribution is -0.127. The number of carbonyl (C=O) groups excluding carboxylic acids is 1. The third kappa shape index (κ3) is 3.35. The Bertz CT molecular complexity index is 603. The maximum atomic E-state index is 12.4. The van der Waals surface area contributed by atoms with E-state index < -0.39 is 6.10 Å². The van der Waals surface area contributed by atoms with Crippen molar-refractivity contribution in [2.75, 3.05) is 19.6 Å². The molecule has 4 rings (SSSR count). The molecule has 1 amide bonds. The minimum absolute atomic E-state index is 0.172. The van der Waals surface area contributed by atoms with Crippen LogP contribution in [0, 0.1) is 17.8 Å². The number of nitrogens with one attached hydrogen (secondary N) is 1. The summed E-state index contributed by atoms with van der Waals surface area (Å²) in [7, 11) is 0. The first-order valence-electron chi connectivity index (χ1n) is 9.44. The van der Waals surface area contributed by atoms with Crippen molar-refractivity contribution in [1.82, 2.24) is 10.2 Å². The first-order chi connectivity index (χ1) is 11.7. The number of rotatable bonds is 5. The number of hydrogen-bond acceptors (Lipinski definition) is 3. The number of nitrogens with zero attached hydrogens (tertiary/aromatic N) is 1. The first-order valence-corrected chi connectivity index (χ1v) is 9.44. The number of amides is 1. The van der Waals surface area contributed by atoms with Crippen LogP contribution >= 0.6 is 0 Å². The molecule has 130 valence electrons. The van der Waals surface area contributed by atoms with Gasteiger partial charge < -0.3 is 10.4 Å². The average molecular weight is 328 g/mol. The van der Waals surface area contributed by atoms with Crippen molar-refractivity contribution >= 4 is 5.91 Å². The molecule has 4 nitrogen and oxygen atoms in total. The number of benzene rings is 1. The van der Waals surface area contributed by atoms with E-state index in [-0.39, 0.29) is 11.8 Å². The molecule has 0 aromatic heterocycles. The van der Waals surface area contributed by atoms with Crippen LogP contribution in [-0.2, 0) is 17.8 Å². The average Bonchev–Trinajstić information content (AvgIpc) is 3.23. The van der Waals surface area contributed by atoms with Crippen molar-refractivity contribution in [1.29, 1.82) is 0 Å². The summed E-state index contributed by atoms with van der Waals surface area (Å²) in [5.74, 6) is 1.76. The molecule has 3 aliphatic rings. The standard InChI is InChI=1S/C20H28N2O2/c23-18(11-21-20(24)19-10-14-5-6-16(19)9-14)13-22-8-7-15-3-1-2-4-17(15)12-22/h1-4,14,16,18-19,23H,5-13H2,(H,21,24). The van der Waals surface area contributed by atoms with Crippen LogP contribution < -0.4 is 5.32 Å². The zero-order valence-corrected chi connectivity index (χ0v) is 14.3. The molecule has 1 aliphatic heterocycles. The third-order valence-corrected chi connectivity index (χ3v) is 6.27. The summed E-state index contributed by atoms with van der Waals surface area (Å²) in [4.78, 5) is 14.6. The van der Waals surface area contributed by atoms with E-state index in [1.54, 1.807) is 0 Å². The van der Waals surface area contributed by atoms with E-state index in [1.807, 2.05) is 0 Å². The van der Waals surface area contributed by atoms with Gasteiger partial charge in [-0.2, -0.15) is 0 Å². The zero-order valence-electron chi connectivity index (χ0n) is 14.3. The normalized spacial score (nSPS) is 30.1. The highest BCUT2D eigenvalue weighted by atomic mass is 16.3. The van der Waals surface area contributed by atoms with E-state index in [1.165, 1.54) is 30.4 Å². The number of aliphatic hydroxyl groups excluding tert-OH is 1. The van der Waals surface area contributed by atoms with Crippen LogP contribution in [0.15, 0.2) is 24.3 Å². The third-order valence-electron chi connectivity index (χ3n) is 6.27. The Kier molecular flexibility index (Phi) is 4.59. The van der Waals surface area contributed by atoms with E-state index in [2.05, 4.69) is 34.5 Å². The predicted octanol–water partition coefficient (Wildman–Crippen LogP) is 1.96. The molecule has 0 saturated heterocycles. The smallest absolute Gasteiger partial charge is 0.223 e. The molecule has 1 heterocycles. The molecule has 2 bridgehead atoms. The lowest BCUT2D eigenvalue weighted by Gasteiger charge is -2.30. The second-order valence-electron chi connectivity index (χ2n) is 7.93. The van der Waals surface area contributed by atoms with Crippen LogP contribution in [-0.4, -0.2) is 41.7 Å². The van der Waals surface area contributed by atoms with E-state index in [9.17, 15) is 9.90 Å². The largest absolute Gasteiger partial charge is 0.390 e. The van der Waals surface area contributed by atoms with Crippen LogP contribution in [0.2, 0.25) is 0 Å². The summed E-state index contributed by atoms with van der Waals surface area (Å²) in [6.45, 7) is 2.89. The van der Waals surface area contributed by atoms with Gasteiger partial charge in [-0.1, -0.05) is 30.7 Å². The predicted molar refractivity (Wildman–Crippen MR) is 93.4 cm³/mol. The van der Waals surface area contributed by atoms with Gasteiger partial charge in [0.2, 0.25) is 5.91 Å². The van der Waals surface area contributed by atoms with Crippen molar-refractivity contribution in [3.8, 4) is 0 Å². The Labute approximate surface area is 144 Å². The molecular weight excluding hydrogens is 300 g/mol. The number of β-amino-alcohol motifs (C(OH)–C–C–N with tert-alkyl or cyclic N) is 1.